The van der Waals surface area contributed by atoms with Crippen LogP contribution in [0.4, 0.5) is 0 Å². The van der Waals surface area contributed by atoms with Crippen LogP contribution in [0.15, 0.2) is 0 Å². The molecule has 0 bridgehead atoms. The van der Waals surface area contributed by atoms with Gasteiger partial charge >= 0.3 is 0 Å². The minimum atomic E-state index is 0.398. The molecule has 84 valence electrons. The van der Waals surface area contributed by atoms with Gasteiger partial charge in [-0.25, -0.2) is 0 Å². The minimum Gasteiger partial charge on any atom is -0.381 e. The number of ether oxygens (including phenoxy) is 1. The Hall–Kier alpha value is -0.0800. The lowest BCUT2D eigenvalue weighted by Crippen LogP contribution is -2.26. The third-order valence-corrected chi connectivity index (χ3v) is 3.35. The second kappa shape index (κ2) is 6.41. The Morgan fingerprint density at radius 3 is 2.50 bits per heavy atom. The monoisotopic (exact) mass is 199 g/mol. The molecule has 0 aromatic carbocycles. The van der Waals surface area contributed by atoms with Crippen LogP contribution in [0.2, 0.25) is 0 Å². The molecular weight excluding hydrogens is 174 g/mol. The fourth-order valence-electron chi connectivity index (χ4n) is 2.01. The second-order valence-corrected chi connectivity index (χ2v) is 4.89. The Morgan fingerprint density at radius 2 is 1.93 bits per heavy atom. The summed E-state index contributed by atoms with van der Waals surface area (Å²) >= 11 is 0. The molecule has 2 heteroatoms. The number of nitrogens with two attached hydrogens (primary N) is 1. The van der Waals surface area contributed by atoms with Gasteiger partial charge in [-0.05, 0) is 31.1 Å². The van der Waals surface area contributed by atoms with Crippen LogP contribution in [0.25, 0.3) is 0 Å². The molecule has 0 radical (unpaired) electrons. The average molecular weight is 199 g/mol. The van der Waals surface area contributed by atoms with E-state index in [0.717, 1.165) is 19.1 Å². The SMILES string of the molecule is CC(C)C(N)CCCC1CCOCC1. The minimum absolute atomic E-state index is 0.398. The van der Waals surface area contributed by atoms with Crippen LogP contribution < -0.4 is 5.73 Å². The van der Waals surface area contributed by atoms with Crippen LogP contribution in [-0.2, 0) is 4.74 Å². The van der Waals surface area contributed by atoms with Gasteiger partial charge in [-0.2, -0.15) is 0 Å². The molecule has 1 unspecified atom stereocenters. The smallest absolute Gasteiger partial charge is 0.0468 e. The first-order valence-corrected chi connectivity index (χ1v) is 6.03. The van der Waals surface area contributed by atoms with Crippen molar-refractivity contribution in [3.63, 3.8) is 0 Å². The van der Waals surface area contributed by atoms with Crippen molar-refractivity contribution in [2.75, 3.05) is 13.2 Å². The van der Waals surface area contributed by atoms with Crippen molar-refractivity contribution in [2.45, 2.75) is 52.0 Å². The lowest BCUT2D eigenvalue weighted by molar-refractivity contribution is 0.0629. The number of rotatable bonds is 5. The highest BCUT2D eigenvalue weighted by atomic mass is 16.5. The van der Waals surface area contributed by atoms with Gasteiger partial charge in [0.15, 0.2) is 0 Å². The van der Waals surface area contributed by atoms with E-state index in [2.05, 4.69) is 13.8 Å². The Labute approximate surface area is 88.2 Å². The van der Waals surface area contributed by atoms with Crippen LogP contribution in [0.1, 0.15) is 46.0 Å². The fraction of sp³-hybridized carbons (Fsp3) is 1.00. The van der Waals surface area contributed by atoms with Gasteiger partial charge in [0, 0.05) is 19.3 Å². The standard InChI is InChI=1S/C12H25NO/c1-10(2)12(13)5-3-4-11-6-8-14-9-7-11/h10-12H,3-9,13H2,1-2H3. The van der Waals surface area contributed by atoms with Gasteiger partial charge in [0.1, 0.15) is 0 Å². The van der Waals surface area contributed by atoms with Crippen LogP contribution in [0.3, 0.4) is 0 Å². The van der Waals surface area contributed by atoms with Gasteiger partial charge in [-0.15, -0.1) is 0 Å². The summed E-state index contributed by atoms with van der Waals surface area (Å²) in [5, 5.41) is 0. The summed E-state index contributed by atoms with van der Waals surface area (Å²) in [6, 6.07) is 0.398. The lowest BCUT2D eigenvalue weighted by Gasteiger charge is -2.23. The van der Waals surface area contributed by atoms with E-state index in [9.17, 15) is 0 Å². The van der Waals surface area contributed by atoms with E-state index < -0.39 is 0 Å². The van der Waals surface area contributed by atoms with Crippen molar-refractivity contribution in [1.29, 1.82) is 0 Å². The zero-order valence-corrected chi connectivity index (χ0v) is 9.67. The second-order valence-electron chi connectivity index (χ2n) is 4.89. The molecule has 1 saturated heterocycles. The molecule has 0 aliphatic carbocycles. The Balaban J connectivity index is 2.02. The van der Waals surface area contributed by atoms with Crippen molar-refractivity contribution in [3.8, 4) is 0 Å². The third-order valence-electron chi connectivity index (χ3n) is 3.35. The zero-order chi connectivity index (χ0) is 10.4. The summed E-state index contributed by atoms with van der Waals surface area (Å²) in [6.45, 7) is 6.36. The Kier molecular flexibility index (Phi) is 5.49. The molecular formula is C12H25NO. The van der Waals surface area contributed by atoms with Gasteiger partial charge in [-0.3, -0.25) is 0 Å². The third kappa shape index (κ3) is 4.43. The molecule has 14 heavy (non-hydrogen) atoms. The van der Waals surface area contributed by atoms with Crippen LogP contribution in [-0.4, -0.2) is 19.3 Å². The first kappa shape index (κ1) is 12.0. The van der Waals surface area contributed by atoms with Crippen molar-refractivity contribution in [1.82, 2.24) is 0 Å². The summed E-state index contributed by atoms with van der Waals surface area (Å²) in [5.74, 6) is 1.54. The van der Waals surface area contributed by atoms with Crippen molar-refractivity contribution >= 4 is 0 Å². The largest absolute Gasteiger partial charge is 0.381 e. The fourth-order valence-corrected chi connectivity index (χ4v) is 2.01. The van der Waals surface area contributed by atoms with Gasteiger partial charge in [0.2, 0.25) is 0 Å². The number of hydrogen-bond acceptors (Lipinski definition) is 2. The topological polar surface area (TPSA) is 35.2 Å². The van der Waals surface area contributed by atoms with E-state index in [4.69, 9.17) is 10.5 Å². The van der Waals surface area contributed by atoms with Crippen LogP contribution in [0.5, 0.6) is 0 Å². The molecule has 0 aromatic rings. The molecule has 0 amide bonds. The van der Waals surface area contributed by atoms with Crippen LogP contribution >= 0.6 is 0 Å². The summed E-state index contributed by atoms with van der Waals surface area (Å²) in [7, 11) is 0. The van der Waals surface area contributed by atoms with E-state index >= 15 is 0 Å². The van der Waals surface area contributed by atoms with E-state index in [1.165, 1.54) is 32.1 Å². The highest BCUT2D eigenvalue weighted by molar-refractivity contribution is 4.68. The molecule has 0 spiro atoms. The quantitative estimate of drug-likeness (QED) is 0.738. The van der Waals surface area contributed by atoms with Crippen molar-refractivity contribution < 1.29 is 4.74 Å². The molecule has 1 fully saturated rings. The van der Waals surface area contributed by atoms with Gasteiger partial charge < -0.3 is 10.5 Å². The normalized spacial score (nSPS) is 21.4. The molecule has 1 rings (SSSR count). The van der Waals surface area contributed by atoms with E-state index in [-0.39, 0.29) is 0 Å². The lowest BCUT2D eigenvalue weighted by atomic mass is 9.91. The molecule has 2 nitrogen and oxygen atoms in total. The molecule has 1 aliphatic rings. The molecule has 0 saturated carbocycles. The molecule has 2 N–H and O–H groups in total. The number of hydrogen-bond donors (Lipinski definition) is 1. The predicted molar refractivity (Wildman–Crippen MR) is 60.2 cm³/mol. The van der Waals surface area contributed by atoms with Gasteiger partial charge in [0.25, 0.3) is 0 Å². The maximum absolute atomic E-state index is 6.01. The molecule has 1 heterocycles. The summed E-state index contributed by atoms with van der Waals surface area (Å²) in [5.41, 5.74) is 6.01. The molecule has 1 aliphatic heterocycles. The van der Waals surface area contributed by atoms with Crippen molar-refractivity contribution in [2.24, 2.45) is 17.6 Å². The first-order valence-electron chi connectivity index (χ1n) is 6.03. The van der Waals surface area contributed by atoms with Crippen molar-refractivity contribution in [3.05, 3.63) is 0 Å². The van der Waals surface area contributed by atoms with E-state index in [1.54, 1.807) is 0 Å². The van der Waals surface area contributed by atoms with Gasteiger partial charge in [-0.1, -0.05) is 26.7 Å². The average Bonchev–Trinajstić information content (AvgIpc) is 2.19. The first-order chi connectivity index (χ1) is 6.70. The maximum atomic E-state index is 6.01. The van der Waals surface area contributed by atoms with Gasteiger partial charge in [0.05, 0.1) is 0 Å². The molecule has 1 atom stereocenters. The zero-order valence-electron chi connectivity index (χ0n) is 9.67. The van der Waals surface area contributed by atoms with E-state index in [0.29, 0.717) is 12.0 Å². The highest BCUT2D eigenvalue weighted by Crippen LogP contribution is 2.21. The highest BCUT2D eigenvalue weighted by Gasteiger charge is 2.14. The summed E-state index contributed by atoms with van der Waals surface area (Å²) in [6.07, 6.45) is 6.36. The molecule has 0 aromatic heterocycles. The Bertz CT molecular complexity index is 141. The summed E-state index contributed by atoms with van der Waals surface area (Å²) in [4.78, 5) is 0. The Morgan fingerprint density at radius 1 is 1.29 bits per heavy atom. The van der Waals surface area contributed by atoms with E-state index in [1.807, 2.05) is 0 Å². The van der Waals surface area contributed by atoms with Crippen LogP contribution in [0, 0.1) is 11.8 Å². The summed E-state index contributed by atoms with van der Waals surface area (Å²) < 4.78 is 5.34. The maximum Gasteiger partial charge on any atom is 0.0468 e. The predicted octanol–water partition coefficient (Wildman–Crippen LogP) is 2.57.